The average Bonchev–Trinajstić information content (AvgIpc) is 2.32. The Kier molecular flexibility index (Phi) is 6.48. The second-order valence-electron chi connectivity index (χ2n) is 3.72. The number of halogens is 1. The number of benzene rings is 1. The van der Waals surface area contributed by atoms with Crippen LogP contribution in [0, 0.1) is 0 Å². The summed E-state index contributed by atoms with van der Waals surface area (Å²) in [6.45, 7) is 2.54. The molecule has 94 valence electrons. The van der Waals surface area contributed by atoms with Crippen molar-refractivity contribution < 1.29 is 14.3 Å². The van der Waals surface area contributed by atoms with Gasteiger partial charge >= 0.3 is 6.16 Å². The lowest BCUT2D eigenvalue weighted by molar-refractivity contribution is 0.0973. The molecule has 0 saturated carbocycles. The first-order chi connectivity index (χ1) is 8.22. The van der Waals surface area contributed by atoms with Crippen molar-refractivity contribution in [3.05, 3.63) is 29.3 Å². The largest absolute Gasteiger partial charge is 0.513 e. The van der Waals surface area contributed by atoms with Crippen molar-refractivity contribution in [2.75, 3.05) is 6.61 Å². The molecule has 0 saturated heterocycles. The van der Waals surface area contributed by atoms with E-state index in [0.29, 0.717) is 17.4 Å². The molecule has 0 aliphatic carbocycles. The second-order valence-corrected chi connectivity index (χ2v) is 4.15. The molecule has 1 aromatic rings. The van der Waals surface area contributed by atoms with Crippen LogP contribution >= 0.6 is 11.6 Å². The van der Waals surface area contributed by atoms with Crippen LogP contribution in [0.2, 0.25) is 5.02 Å². The molecule has 0 unspecified atom stereocenters. The average molecular weight is 257 g/mol. The molecule has 0 fully saturated rings. The summed E-state index contributed by atoms with van der Waals surface area (Å²) in [5.41, 5.74) is 0. The van der Waals surface area contributed by atoms with Gasteiger partial charge in [-0.05, 0) is 30.7 Å². The maximum Gasteiger partial charge on any atom is 0.513 e. The molecule has 0 N–H and O–H groups in total. The maximum atomic E-state index is 11.3. The third-order valence-electron chi connectivity index (χ3n) is 2.23. The van der Waals surface area contributed by atoms with Gasteiger partial charge in [0.15, 0.2) is 0 Å². The minimum absolute atomic E-state index is 0.409. The topological polar surface area (TPSA) is 35.5 Å². The van der Waals surface area contributed by atoms with E-state index in [2.05, 4.69) is 6.92 Å². The van der Waals surface area contributed by atoms with Gasteiger partial charge in [-0.1, -0.05) is 37.8 Å². The van der Waals surface area contributed by atoms with Crippen molar-refractivity contribution in [2.24, 2.45) is 0 Å². The highest BCUT2D eigenvalue weighted by Gasteiger charge is 2.05. The van der Waals surface area contributed by atoms with Crippen LogP contribution in [0.5, 0.6) is 5.75 Å². The van der Waals surface area contributed by atoms with E-state index in [9.17, 15) is 4.79 Å². The monoisotopic (exact) mass is 256 g/mol. The number of carbonyl (C=O) groups is 1. The van der Waals surface area contributed by atoms with Crippen LogP contribution in [0.1, 0.15) is 32.6 Å². The molecule has 0 heterocycles. The predicted molar refractivity (Wildman–Crippen MR) is 67.6 cm³/mol. The zero-order valence-electron chi connectivity index (χ0n) is 9.95. The highest BCUT2D eigenvalue weighted by atomic mass is 35.5. The van der Waals surface area contributed by atoms with Gasteiger partial charge in [-0.2, -0.15) is 0 Å². The first kappa shape index (κ1) is 13.8. The number of ether oxygens (including phenoxy) is 2. The zero-order valence-corrected chi connectivity index (χ0v) is 10.7. The molecule has 0 spiro atoms. The minimum atomic E-state index is -0.663. The zero-order chi connectivity index (χ0) is 12.5. The Morgan fingerprint density at radius 1 is 1.18 bits per heavy atom. The Labute approximate surface area is 107 Å². The molecule has 0 aliphatic rings. The number of hydrogen-bond acceptors (Lipinski definition) is 3. The molecule has 0 aliphatic heterocycles. The Hall–Kier alpha value is -1.22. The van der Waals surface area contributed by atoms with E-state index in [-0.39, 0.29) is 0 Å². The number of hydrogen-bond donors (Lipinski definition) is 0. The smallest absolute Gasteiger partial charge is 0.434 e. The van der Waals surface area contributed by atoms with Crippen LogP contribution in [0.15, 0.2) is 24.3 Å². The lowest BCUT2D eigenvalue weighted by Crippen LogP contribution is -2.11. The van der Waals surface area contributed by atoms with Gasteiger partial charge in [0.05, 0.1) is 6.61 Å². The molecule has 0 amide bonds. The van der Waals surface area contributed by atoms with Crippen molar-refractivity contribution in [3.63, 3.8) is 0 Å². The van der Waals surface area contributed by atoms with Gasteiger partial charge in [-0.15, -0.1) is 0 Å². The van der Waals surface area contributed by atoms with Crippen molar-refractivity contribution in [1.29, 1.82) is 0 Å². The molecular weight excluding hydrogens is 240 g/mol. The quantitative estimate of drug-likeness (QED) is 0.429. The first-order valence-electron chi connectivity index (χ1n) is 5.82. The van der Waals surface area contributed by atoms with Crippen molar-refractivity contribution in [1.82, 2.24) is 0 Å². The van der Waals surface area contributed by atoms with Crippen LogP contribution < -0.4 is 4.74 Å². The Balaban J connectivity index is 2.18. The molecular formula is C13H17ClO3. The summed E-state index contributed by atoms with van der Waals surface area (Å²) in [5.74, 6) is 0.438. The van der Waals surface area contributed by atoms with Gasteiger partial charge in [0, 0.05) is 5.02 Å². The fourth-order valence-electron chi connectivity index (χ4n) is 1.31. The molecule has 1 aromatic carbocycles. The van der Waals surface area contributed by atoms with E-state index in [1.807, 2.05) is 0 Å². The Morgan fingerprint density at radius 3 is 2.53 bits per heavy atom. The summed E-state index contributed by atoms with van der Waals surface area (Å²) in [4.78, 5) is 11.3. The van der Waals surface area contributed by atoms with E-state index in [4.69, 9.17) is 21.1 Å². The van der Waals surface area contributed by atoms with Crippen LogP contribution in [0.3, 0.4) is 0 Å². The Bertz CT molecular complexity index is 335. The molecule has 4 heteroatoms. The fourth-order valence-corrected chi connectivity index (χ4v) is 1.44. The van der Waals surface area contributed by atoms with E-state index >= 15 is 0 Å². The fraction of sp³-hybridized carbons (Fsp3) is 0.462. The number of unbranched alkanes of at least 4 members (excludes halogenated alkanes) is 3. The molecule has 0 aromatic heterocycles. The van der Waals surface area contributed by atoms with Gasteiger partial charge in [-0.3, -0.25) is 0 Å². The van der Waals surface area contributed by atoms with E-state index in [1.165, 1.54) is 0 Å². The normalized spacial score (nSPS) is 10.0. The minimum Gasteiger partial charge on any atom is -0.434 e. The summed E-state index contributed by atoms with van der Waals surface area (Å²) in [7, 11) is 0. The van der Waals surface area contributed by atoms with Crippen LogP contribution in [-0.2, 0) is 4.74 Å². The van der Waals surface area contributed by atoms with Crippen LogP contribution in [0.25, 0.3) is 0 Å². The van der Waals surface area contributed by atoms with E-state index in [1.54, 1.807) is 24.3 Å². The molecule has 0 atom stereocenters. The van der Waals surface area contributed by atoms with E-state index in [0.717, 1.165) is 25.7 Å². The summed E-state index contributed by atoms with van der Waals surface area (Å²) in [6.07, 6.45) is 3.61. The van der Waals surface area contributed by atoms with Crippen molar-refractivity contribution in [3.8, 4) is 5.75 Å². The van der Waals surface area contributed by atoms with E-state index < -0.39 is 6.16 Å². The molecule has 17 heavy (non-hydrogen) atoms. The van der Waals surface area contributed by atoms with Gasteiger partial charge in [0.1, 0.15) is 5.75 Å². The lowest BCUT2D eigenvalue weighted by Gasteiger charge is -2.05. The highest BCUT2D eigenvalue weighted by Crippen LogP contribution is 2.15. The van der Waals surface area contributed by atoms with Crippen molar-refractivity contribution in [2.45, 2.75) is 32.6 Å². The lowest BCUT2D eigenvalue weighted by atomic mass is 10.2. The second kappa shape index (κ2) is 7.96. The third-order valence-corrected chi connectivity index (χ3v) is 2.48. The van der Waals surface area contributed by atoms with Gasteiger partial charge in [0.25, 0.3) is 0 Å². The summed E-state index contributed by atoms with van der Waals surface area (Å²) in [5, 5.41) is 0.602. The summed E-state index contributed by atoms with van der Waals surface area (Å²) >= 11 is 5.71. The maximum absolute atomic E-state index is 11.3. The van der Waals surface area contributed by atoms with Crippen molar-refractivity contribution >= 4 is 17.8 Å². The standard InChI is InChI=1S/C13H17ClO3/c1-2-3-4-5-10-16-13(15)17-12-8-6-11(14)7-9-12/h6-9H,2-5,10H2,1H3. The number of carbonyl (C=O) groups excluding carboxylic acids is 1. The van der Waals surface area contributed by atoms with Gasteiger partial charge < -0.3 is 9.47 Å². The van der Waals surface area contributed by atoms with Crippen LogP contribution in [0.4, 0.5) is 4.79 Å². The first-order valence-corrected chi connectivity index (χ1v) is 6.20. The van der Waals surface area contributed by atoms with Crippen LogP contribution in [-0.4, -0.2) is 12.8 Å². The SMILES string of the molecule is CCCCCCOC(=O)Oc1ccc(Cl)cc1. The third kappa shape index (κ3) is 6.17. The van der Waals surface area contributed by atoms with Gasteiger partial charge in [0.2, 0.25) is 0 Å². The Morgan fingerprint density at radius 2 is 1.88 bits per heavy atom. The predicted octanol–water partition coefficient (Wildman–Crippen LogP) is 4.44. The molecule has 0 radical (unpaired) electrons. The highest BCUT2D eigenvalue weighted by molar-refractivity contribution is 6.30. The molecule has 0 bridgehead atoms. The molecule has 3 nitrogen and oxygen atoms in total. The number of rotatable bonds is 6. The summed E-state index contributed by atoms with van der Waals surface area (Å²) in [6, 6.07) is 6.57. The summed E-state index contributed by atoms with van der Waals surface area (Å²) < 4.78 is 9.88. The van der Waals surface area contributed by atoms with Gasteiger partial charge in [-0.25, -0.2) is 4.79 Å². The molecule has 1 rings (SSSR count).